The maximum absolute atomic E-state index is 12.5. The minimum Gasteiger partial charge on any atom is -0.359 e. The predicted molar refractivity (Wildman–Crippen MR) is 117 cm³/mol. The van der Waals surface area contributed by atoms with E-state index < -0.39 is 0 Å². The number of carbonyl (C=O) groups excluding carboxylic acids is 3. The Labute approximate surface area is 179 Å². The second-order valence-corrected chi connectivity index (χ2v) is 8.19. The Morgan fingerprint density at radius 3 is 2.43 bits per heavy atom. The van der Waals surface area contributed by atoms with E-state index in [0.717, 1.165) is 12.1 Å². The number of hydrogen-bond donors (Lipinski definition) is 3. The van der Waals surface area contributed by atoms with E-state index >= 15 is 0 Å². The van der Waals surface area contributed by atoms with Gasteiger partial charge in [-0.2, -0.15) is 0 Å². The van der Waals surface area contributed by atoms with Crippen LogP contribution in [0.4, 0.5) is 17.1 Å². The van der Waals surface area contributed by atoms with Crippen LogP contribution in [0.25, 0.3) is 0 Å². The van der Waals surface area contributed by atoms with Crippen molar-refractivity contribution >= 4 is 46.4 Å². The van der Waals surface area contributed by atoms with Crippen LogP contribution < -0.4 is 20.9 Å². The predicted octanol–water partition coefficient (Wildman–Crippen LogP) is 3.12. The van der Waals surface area contributed by atoms with Crippen LogP contribution >= 0.6 is 11.6 Å². The van der Waals surface area contributed by atoms with Gasteiger partial charge in [-0.15, -0.1) is 0 Å². The third kappa shape index (κ3) is 4.57. The molecule has 7 nitrogen and oxygen atoms in total. The highest BCUT2D eigenvalue weighted by molar-refractivity contribution is 6.33. The van der Waals surface area contributed by atoms with Crippen molar-refractivity contribution < 1.29 is 14.4 Å². The van der Waals surface area contributed by atoms with Crippen LogP contribution in [0.15, 0.2) is 42.5 Å². The number of benzene rings is 2. The van der Waals surface area contributed by atoms with E-state index in [9.17, 15) is 14.4 Å². The smallest absolute Gasteiger partial charge is 0.255 e. The van der Waals surface area contributed by atoms with Gasteiger partial charge in [0.1, 0.15) is 0 Å². The van der Waals surface area contributed by atoms with Crippen LogP contribution in [0.5, 0.6) is 0 Å². The molecule has 1 heterocycles. The van der Waals surface area contributed by atoms with E-state index in [-0.39, 0.29) is 30.2 Å². The Morgan fingerprint density at radius 2 is 1.80 bits per heavy atom. The SMILES string of the molecule is CC1CC1C(=O)Nc1ccc(C(=O)Nc2ccc(N3CCNC(=O)C3)c(Cl)c2)cc1. The number of nitrogens with zero attached hydrogens (tertiary/aromatic N) is 1. The third-order valence-corrected chi connectivity index (χ3v) is 5.75. The van der Waals surface area contributed by atoms with Crippen molar-refractivity contribution in [2.45, 2.75) is 13.3 Å². The van der Waals surface area contributed by atoms with Gasteiger partial charge in [0.15, 0.2) is 0 Å². The molecule has 1 saturated heterocycles. The van der Waals surface area contributed by atoms with E-state index in [2.05, 4.69) is 22.9 Å². The quantitative estimate of drug-likeness (QED) is 0.685. The van der Waals surface area contributed by atoms with E-state index in [0.29, 0.717) is 41.0 Å². The lowest BCUT2D eigenvalue weighted by Gasteiger charge is -2.29. The number of carbonyl (C=O) groups is 3. The highest BCUT2D eigenvalue weighted by Crippen LogP contribution is 2.38. The van der Waals surface area contributed by atoms with Gasteiger partial charge in [-0.05, 0) is 54.8 Å². The Balaban J connectivity index is 1.38. The monoisotopic (exact) mass is 426 g/mol. The molecular weight excluding hydrogens is 404 g/mol. The van der Waals surface area contributed by atoms with Crippen LogP contribution in [0.2, 0.25) is 5.02 Å². The molecule has 1 aliphatic carbocycles. The summed E-state index contributed by atoms with van der Waals surface area (Å²) in [6.07, 6.45) is 0.929. The molecule has 3 N–H and O–H groups in total. The standard InChI is InChI=1S/C22H23ClN4O3/c1-13-10-17(13)22(30)25-15-4-2-14(3-5-15)21(29)26-16-6-7-19(18(23)11-16)27-9-8-24-20(28)12-27/h2-7,11,13,17H,8-10,12H2,1H3,(H,24,28)(H,25,30)(H,26,29). The summed E-state index contributed by atoms with van der Waals surface area (Å²) in [5, 5.41) is 8.95. The molecule has 156 valence electrons. The molecule has 1 saturated carbocycles. The van der Waals surface area contributed by atoms with Crippen LogP contribution in [0.3, 0.4) is 0 Å². The van der Waals surface area contributed by atoms with Gasteiger partial charge in [-0.25, -0.2) is 0 Å². The topological polar surface area (TPSA) is 90.5 Å². The van der Waals surface area contributed by atoms with Gasteiger partial charge < -0.3 is 20.9 Å². The number of nitrogens with one attached hydrogen (secondary N) is 3. The van der Waals surface area contributed by atoms with E-state index in [1.165, 1.54) is 0 Å². The molecule has 4 rings (SSSR count). The largest absolute Gasteiger partial charge is 0.359 e. The number of piperazine rings is 1. The highest BCUT2D eigenvalue weighted by atomic mass is 35.5. The number of amides is 3. The molecule has 30 heavy (non-hydrogen) atoms. The molecule has 2 atom stereocenters. The number of halogens is 1. The summed E-state index contributed by atoms with van der Waals surface area (Å²) in [4.78, 5) is 38.0. The first-order valence-corrected chi connectivity index (χ1v) is 10.3. The summed E-state index contributed by atoms with van der Waals surface area (Å²) in [6.45, 7) is 3.57. The molecule has 2 unspecified atom stereocenters. The van der Waals surface area contributed by atoms with Crippen molar-refractivity contribution in [2.24, 2.45) is 11.8 Å². The fraction of sp³-hybridized carbons (Fsp3) is 0.318. The average Bonchev–Trinajstić information content (AvgIpc) is 3.45. The first-order valence-electron chi connectivity index (χ1n) is 9.94. The Hall–Kier alpha value is -3.06. The second-order valence-electron chi connectivity index (χ2n) is 7.78. The van der Waals surface area contributed by atoms with E-state index in [1.807, 2.05) is 4.90 Å². The van der Waals surface area contributed by atoms with Gasteiger partial charge in [0.2, 0.25) is 11.8 Å². The normalized spacial score (nSPS) is 20.3. The third-order valence-electron chi connectivity index (χ3n) is 5.45. The van der Waals surface area contributed by atoms with Gasteiger partial charge in [-0.3, -0.25) is 14.4 Å². The molecule has 0 spiro atoms. The van der Waals surface area contributed by atoms with Crippen molar-refractivity contribution in [3.63, 3.8) is 0 Å². The van der Waals surface area contributed by atoms with Crippen LogP contribution in [-0.2, 0) is 9.59 Å². The maximum Gasteiger partial charge on any atom is 0.255 e. The molecule has 8 heteroatoms. The summed E-state index contributed by atoms with van der Waals surface area (Å²) in [7, 11) is 0. The highest BCUT2D eigenvalue weighted by Gasteiger charge is 2.39. The Morgan fingerprint density at radius 1 is 1.10 bits per heavy atom. The van der Waals surface area contributed by atoms with Crippen molar-refractivity contribution in [2.75, 3.05) is 35.2 Å². The molecule has 1 aliphatic heterocycles. The van der Waals surface area contributed by atoms with Crippen LogP contribution in [0, 0.1) is 11.8 Å². The lowest BCUT2D eigenvalue weighted by Crippen LogP contribution is -2.47. The molecule has 2 aromatic carbocycles. The summed E-state index contributed by atoms with van der Waals surface area (Å²) in [6, 6.07) is 12.0. The number of hydrogen-bond acceptors (Lipinski definition) is 4. The Kier molecular flexibility index (Phi) is 5.63. The second kappa shape index (κ2) is 8.36. The molecule has 0 radical (unpaired) electrons. The molecule has 0 bridgehead atoms. The zero-order chi connectivity index (χ0) is 21.3. The number of anilines is 3. The van der Waals surface area contributed by atoms with Crippen LogP contribution in [-0.4, -0.2) is 37.4 Å². The summed E-state index contributed by atoms with van der Waals surface area (Å²) < 4.78 is 0. The Bertz CT molecular complexity index is 992. The minimum absolute atomic E-state index is 0.0284. The summed E-state index contributed by atoms with van der Waals surface area (Å²) in [5.74, 6) is 0.256. The first kappa shape index (κ1) is 20.2. The van der Waals surface area contributed by atoms with E-state index in [1.54, 1.807) is 42.5 Å². The molecule has 2 aromatic rings. The zero-order valence-corrected chi connectivity index (χ0v) is 17.3. The van der Waals surface area contributed by atoms with E-state index in [4.69, 9.17) is 11.6 Å². The van der Waals surface area contributed by atoms with Crippen molar-refractivity contribution in [1.82, 2.24) is 5.32 Å². The van der Waals surface area contributed by atoms with Gasteiger partial charge in [0.05, 0.1) is 17.3 Å². The van der Waals surface area contributed by atoms with Crippen LogP contribution in [0.1, 0.15) is 23.7 Å². The van der Waals surface area contributed by atoms with Crippen molar-refractivity contribution in [3.05, 3.63) is 53.1 Å². The minimum atomic E-state index is -0.273. The lowest BCUT2D eigenvalue weighted by atomic mass is 10.1. The molecule has 0 aromatic heterocycles. The lowest BCUT2D eigenvalue weighted by molar-refractivity contribution is -0.120. The van der Waals surface area contributed by atoms with Gasteiger partial charge in [0.25, 0.3) is 5.91 Å². The summed E-state index contributed by atoms with van der Waals surface area (Å²) >= 11 is 6.39. The average molecular weight is 427 g/mol. The maximum atomic E-state index is 12.5. The summed E-state index contributed by atoms with van der Waals surface area (Å²) in [5.41, 5.74) is 2.47. The van der Waals surface area contributed by atoms with Gasteiger partial charge >= 0.3 is 0 Å². The molecule has 3 amide bonds. The zero-order valence-electron chi connectivity index (χ0n) is 16.6. The van der Waals surface area contributed by atoms with Gasteiger partial charge in [0, 0.05) is 35.9 Å². The molecule has 2 aliphatic rings. The molecule has 2 fully saturated rings. The fourth-order valence-corrected chi connectivity index (χ4v) is 3.82. The van der Waals surface area contributed by atoms with Gasteiger partial charge in [-0.1, -0.05) is 18.5 Å². The fourth-order valence-electron chi connectivity index (χ4n) is 3.52. The number of rotatable bonds is 5. The van der Waals surface area contributed by atoms with Crippen molar-refractivity contribution in [1.29, 1.82) is 0 Å². The first-order chi connectivity index (χ1) is 14.4. The molecular formula is C22H23ClN4O3. The van der Waals surface area contributed by atoms with Crippen molar-refractivity contribution in [3.8, 4) is 0 Å².